The molecule has 1 fully saturated rings. The summed E-state index contributed by atoms with van der Waals surface area (Å²) in [6.07, 6.45) is 1.69. The highest BCUT2D eigenvalue weighted by atomic mass is 16.5. The van der Waals surface area contributed by atoms with Gasteiger partial charge in [-0.2, -0.15) is 0 Å². The fourth-order valence-electron chi connectivity index (χ4n) is 2.87. The van der Waals surface area contributed by atoms with E-state index < -0.39 is 0 Å². The third kappa shape index (κ3) is 5.20. The first-order valence-corrected chi connectivity index (χ1v) is 9.35. The number of amides is 2. The van der Waals surface area contributed by atoms with Crippen LogP contribution in [0.15, 0.2) is 60.3 Å². The zero-order valence-corrected chi connectivity index (χ0v) is 15.9. The summed E-state index contributed by atoms with van der Waals surface area (Å²) < 4.78 is 10.8. The molecule has 1 aliphatic heterocycles. The summed E-state index contributed by atoms with van der Waals surface area (Å²) in [5.41, 5.74) is 1.53. The van der Waals surface area contributed by atoms with Gasteiger partial charge in [-0.15, -0.1) is 0 Å². The Kier molecular flexibility index (Phi) is 6.81. The maximum Gasteiger partial charge on any atom is 0.270 e. The molecule has 2 aromatic rings. The van der Waals surface area contributed by atoms with Crippen molar-refractivity contribution in [1.29, 1.82) is 0 Å². The lowest BCUT2D eigenvalue weighted by molar-refractivity contribution is -0.131. The summed E-state index contributed by atoms with van der Waals surface area (Å²) in [6.45, 7) is 4.50. The van der Waals surface area contributed by atoms with Crippen molar-refractivity contribution < 1.29 is 19.1 Å². The Labute approximate surface area is 164 Å². The molecule has 146 valence electrons. The van der Waals surface area contributed by atoms with E-state index in [1.165, 1.54) is 0 Å². The minimum Gasteiger partial charge on any atom is -0.494 e. The number of hydrogen-bond acceptors (Lipinski definition) is 4. The van der Waals surface area contributed by atoms with Gasteiger partial charge in [-0.3, -0.25) is 9.59 Å². The Hall–Kier alpha value is -3.12. The number of ether oxygens (including phenoxy) is 2. The van der Waals surface area contributed by atoms with Crippen LogP contribution in [0, 0.1) is 0 Å². The molecule has 2 amide bonds. The van der Waals surface area contributed by atoms with E-state index >= 15 is 0 Å². The summed E-state index contributed by atoms with van der Waals surface area (Å²) >= 11 is 0. The van der Waals surface area contributed by atoms with Gasteiger partial charge in [0, 0.05) is 18.7 Å². The monoisotopic (exact) mass is 380 g/mol. The molecule has 2 aromatic carbocycles. The van der Waals surface area contributed by atoms with Gasteiger partial charge in [0.05, 0.1) is 19.8 Å². The summed E-state index contributed by atoms with van der Waals surface area (Å²) in [5.74, 6) is 0.217. The maximum atomic E-state index is 13.0. The van der Waals surface area contributed by atoms with Crippen LogP contribution in [-0.2, 0) is 9.53 Å². The van der Waals surface area contributed by atoms with Crippen LogP contribution in [0.5, 0.6) is 5.75 Å². The van der Waals surface area contributed by atoms with Gasteiger partial charge in [-0.25, -0.2) is 0 Å². The van der Waals surface area contributed by atoms with Crippen LogP contribution in [-0.4, -0.2) is 49.6 Å². The molecule has 1 saturated heterocycles. The van der Waals surface area contributed by atoms with Crippen LogP contribution < -0.4 is 10.1 Å². The molecular weight excluding hydrogens is 356 g/mol. The van der Waals surface area contributed by atoms with Gasteiger partial charge in [0.15, 0.2) is 0 Å². The van der Waals surface area contributed by atoms with Crippen LogP contribution in [0.1, 0.15) is 22.8 Å². The van der Waals surface area contributed by atoms with E-state index in [0.717, 1.165) is 11.3 Å². The van der Waals surface area contributed by atoms with Crippen molar-refractivity contribution in [3.05, 3.63) is 71.4 Å². The summed E-state index contributed by atoms with van der Waals surface area (Å²) in [7, 11) is 0. The third-order valence-electron chi connectivity index (χ3n) is 4.31. The molecule has 1 aliphatic rings. The average Bonchev–Trinajstić information content (AvgIpc) is 2.75. The molecule has 6 heteroatoms. The zero-order valence-electron chi connectivity index (χ0n) is 15.9. The van der Waals surface area contributed by atoms with Gasteiger partial charge in [0.1, 0.15) is 11.4 Å². The lowest BCUT2D eigenvalue weighted by atomic mass is 10.1. The van der Waals surface area contributed by atoms with Gasteiger partial charge in [0.2, 0.25) is 0 Å². The van der Waals surface area contributed by atoms with Crippen LogP contribution in [0.3, 0.4) is 0 Å². The van der Waals surface area contributed by atoms with Gasteiger partial charge in [-0.05, 0) is 42.8 Å². The minimum atomic E-state index is -0.320. The topological polar surface area (TPSA) is 67.9 Å². The van der Waals surface area contributed by atoms with Crippen LogP contribution in [0.25, 0.3) is 6.08 Å². The maximum absolute atomic E-state index is 13.0. The molecule has 0 bridgehead atoms. The number of rotatable bonds is 6. The van der Waals surface area contributed by atoms with E-state index in [9.17, 15) is 9.59 Å². The lowest BCUT2D eigenvalue weighted by Gasteiger charge is -2.27. The molecular formula is C22H24N2O4. The van der Waals surface area contributed by atoms with Crippen molar-refractivity contribution in [2.24, 2.45) is 0 Å². The predicted molar refractivity (Wildman–Crippen MR) is 107 cm³/mol. The fourth-order valence-corrected chi connectivity index (χ4v) is 2.87. The first-order valence-electron chi connectivity index (χ1n) is 9.35. The third-order valence-corrected chi connectivity index (χ3v) is 4.31. The lowest BCUT2D eigenvalue weighted by Crippen LogP contribution is -2.44. The first-order chi connectivity index (χ1) is 13.7. The number of benzene rings is 2. The zero-order chi connectivity index (χ0) is 19.8. The van der Waals surface area contributed by atoms with Crippen LogP contribution in [0.2, 0.25) is 0 Å². The Morgan fingerprint density at radius 3 is 2.39 bits per heavy atom. The summed E-state index contributed by atoms with van der Waals surface area (Å²) in [6, 6.07) is 16.2. The van der Waals surface area contributed by atoms with Crippen LogP contribution in [0.4, 0.5) is 0 Å². The van der Waals surface area contributed by atoms with E-state index in [2.05, 4.69) is 5.32 Å². The summed E-state index contributed by atoms with van der Waals surface area (Å²) in [5, 5.41) is 2.78. The molecule has 28 heavy (non-hydrogen) atoms. The molecule has 0 saturated carbocycles. The van der Waals surface area contributed by atoms with Crippen molar-refractivity contribution in [3.63, 3.8) is 0 Å². The van der Waals surface area contributed by atoms with Gasteiger partial charge >= 0.3 is 0 Å². The van der Waals surface area contributed by atoms with E-state index in [-0.39, 0.29) is 17.5 Å². The molecule has 1 heterocycles. The quantitative estimate of drug-likeness (QED) is 0.783. The second-order valence-corrected chi connectivity index (χ2v) is 6.28. The normalized spacial score (nSPS) is 14.5. The van der Waals surface area contributed by atoms with Crippen molar-refractivity contribution in [3.8, 4) is 5.75 Å². The molecule has 0 unspecified atom stereocenters. The van der Waals surface area contributed by atoms with E-state index in [4.69, 9.17) is 9.47 Å². The van der Waals surface area contributed by atoms with Crippen molar-refractivity contribution in [1.82, 2.24) is 10.2 Å². The molecule has 3 rings (SSSR count). The first kappa shape index (κ1) is 19.6. The molecule has 6 nitrogen and oxygen atoms in total. The molecule has 0 aliphatic carbocycles. The molecule has 0 atom stereocenters. The Morgan fingerprint density at radius 1 is 1.07 bits per heavy atom. The summed E-state index contributed by atoms with van der Waals surface area (Å²) in [4.78, 5) is 27.3. The Morgan fingerprint density at radius 2 is 1.75 bits per heavy atom. The number of morpholine rings is 1. The smallest absolute Gasteiger partial charge is 0.270 e. The average molecular weight is 380 g/mol. The largest absolute Gasteiger partial charge is 0.494 e. The number of nitrogens with zero attached hydrogens (tertiary/aromatic N) is 1. The molecule has 0 spiro atoms. The predicted octanol–water partition coefficient (Wildman–Crippen LogP) is 2.72. The van der Waals surface area contributed by atoms with Crippen molar-refractivity contribution >= 4 is 17.9 Å². The number of carbonyl (C=O) groups is 2. The van der Waals surface area contributed by atoms with E-state index in [0.29, 0.717) is 38.5 Å². The Balaban J connectivity index is 1.84. The van der Waals surface area contributed by atoms with Crippen molar-refractivity contribution in [2.45, 2.75) is 6.92 Å². The highest BCUT2D eigenvalue weighted by molar-refractivity contribution is 6.05. The second-order valence-electron chi connectivity index (χ2n) is 6.28. The SMILES string of the molecule is CCOc1ccc(C=C(NC(=O)c2ccccc2)C(=O)N2CCOCC2)cc1. The number of hydrogen-bond donors (Lipinski definition) is 1. The standard InChI is InChI=1S/C22H24N2O4/c1-2-28-19-10-8-17(9-11-19)16-20(22(26)24-12-14-27-15-13-24)23-21(25)18-6-4-3-5-7-18/h3-11,16H,2,12-15H2,1H3,(H,23,25). The highest BCUT2D eigenvalue weighted by Crippen LogP contribution is 2.16. The van der Waals surface area contributed by atoms with E-state index in [1.54, 1.807) is 35.2 Å². The molecule has 1 N–H and O–H groups in total. The number of nitrogens with one attached hydrogen (secondary N) is 1. The van der Waals surface area contributed by atoms with Crippen LogP contribution >= 0.6 is 0 Å². The van der Waals surface area contributed by atoms with Gasteiger partial charge in [0.25, 0.3) is 11.8 Å². The Bertz CT molecular complexity index is 825. The highest BCUT2D eigenvalue weighted by Gasteiger charge is 2.22. The molecule has 0 aromatic heterocycles. The van der Waals surface area contributed by atoms with Crippen molar-refractivity contribution in [2.75, 3.05) is 32.9 Å². The second kappa shape index (κ2) is 9.71. The molecule has 0 radical (unpaired) electrons. The van der Waals surface area contributed by atoms with Gasteiger partial charge < -0.3 is 19.7 Å². The minimum absolute atomic E-state index is 0.221. The fraction of sp³-hybridized carbons (Fsp3) is 0.273. The van der Waals surface area contributed by atoms with Gasteiger partial charge in [-0.1, -0.05) is 30.3 Å². The van der Waals surface area contributed by atoms with E-state index in [1.807, 2.05) is 37.3 Å². The number of carbonyl (C=O) groups excluding carboxylic acids is 2.